The van der Waals surface area contributed by atoms with Crippen molar-refractivity contribution in [1.29, 1.82) is 0 Å². The van der Waals surface area contributed by atoms with Crippen molar-refractivity contribution in [2.45, 2.75) is 6.42 Å². The Labute approximate surface area is 107 Å². The first kappa shape index (κ1) is 14.3. The van der Waals surface area contributed by atoms with Gasteiger partial charge in [0, 0.05) is 6.54 Å². The molecule has 0 radical (unpaired) electrons. The molecule has 2 N–H and O–H groups in total. The SMILES string of the molecule is CNCCCNC(=O)COc1ccccc1OC. The van der Waals surface area contributed by atoms with E-state index in [1.165, 1.54) is 0 Å². The molecule has 0 aromatic heterocycles. The molecule has 0 atom stereocenters. The van der Waals surface area contributed by atoms with Crippen molar-refractivity contribution < 1.29 is 14.3 Å². The highest BCUT2D eigenvalue weighted by atomic mass is 16.5. The average Bonchev–Trinajstić information content (AvgIpc) is 2.41. The molecule has 0 bridgehead atoms. The summed E-state index contributed by atoms with van der Waals surface area (Å²) in [5.41, 5.74) is 0. The van der Waals surface area contributed by atoms with Crippen molar-refractivity contribution in [3.8, 4) is 11.5 Å². The average molecular weight is 252 g/mol. The summed E-state index contributed by atoms with van der Waals surface area (Å²) < 4.78 is 10.5. The van der Waals surface area contributed by atoms with Crippen LogP contribution in [0.1, 0.15) is 6.42 Å². The molecule has 0 aliphatic rings. The molecule has 0 saturated heterocycles. The van der Waals surface area contributed by atoms with Crippen molar-refractivity contribution in [3.05, 3.63) is 24.3 Å². The van der Waals surface area contributed by atoms with Gasteiger partial charge in [0.05, 0.1) is 7.11 Å². The number of rotatable bonds is 8. The zero-order chi connectivity index (χ0) is 13.2. The van der Waals surface area contributed by atoms with Gasteiger partial charge in [-0.2, -0.15) is 0 Å². The second-order valence-corrected chi connectivity index (χ2v) is 3.75. The molecule has 5 heteroatoms. The molecule has 1 amide bonds. The van der Waals surface area contributed by atoms with Crippen LogP contribution in [0.4, 0.5) is 0 Å². The molecule has 0 aliphatic carbocycles. The number of hydrogen-bond donors (Lipinski definition) is 2. The van der Waals surface area contributed by atoms with E-state index in [4.69, 9.17) is 9.47 Å². The molecular formula is C13H20N2O3. The molecule has 5 nitrogen and oxygen atoms in total. The minimum atomic E-state index is -0.128. The molecule has 100 valence electrons. The number of methoxy groups -OCH3 is 1. The second-order valence-electron chi connectivity index (χ2n) is 3.75. The van der Waals surface area contributed by atoms with Gasteiger partial charge in [-0.3, -0.25) is 4.79 Å². The monoisotopic (exact) mass is 252 g/mol. The number of amides is 1. The molecule has 1 aromatic rings. The standard InChI is InChI=1S/C13H20N2O3/c1-14-8-5-9-15-13(16)10-18-12-7-4-3-6-11(12)17-2/h3-4,6-7,14H,5,8-10H2,1-2H3,(H,15,16). The Hall–Kier alpha value is -1.75. The van der Waals surface area contributed by atoms with E-state index in [-0.39, 0.29) is 12.5 Å². The summed E-state index contributed by atoms with van der Waals surface area (Å²) in [6, 6.07) is 7.25. The van der Waals surface area contributed by atoms with Crippen molar-refractivity contribution in [3.63, 3.8) is 0 Å². The van der Waals surface area contributed by atoms with Crippen LogP contribution in [0.3, 0.4) is 0 Å². The molecule has 0 aliphatic heterocycles. The van der Waals surface area contributed by atoms with Crippen LogP contribution in [0.2, 0.25) is 0 Å². The Morgan fingerprint density at radius 2 is 1.94 bits per heavy atom. The quantitative estimate of drug-likeness (QED) is 0.672. The van der Waals surface area contributed by atoms with E-state index in [9.17, 15) is 4.79 Å². The van der Waals surface area contributed by atoms with E-state index in [1.807, 2.05) is 19.2 Å². The number of ether oxygens (including phenoxy) is 2. The smallest absolute Gasteiger partial charge is 0.257 e. The van der Waals surface area contributed by atoms with Crippen LogP contribution >= 0.6 is 0 Å². The summed E-state index contributed by atoms with van der Waals surface area (Å²) in [6.45, 7) is 1.53. The first-order valence-electron chi connectivity index (χ1n) is 5.95. The maximum absolute atomic E-state index is 11.5. The van der Waals surface area contributed by atoms with Gasteiger partial charge < -0.3 is 20.1 Å². The number of benzene rings is 1. The van der Waals surface area contributed by atoms with Crippen LogP contribution in [-0.4, -0.2) is 39.8 Å². The van der Waals surface area contributed by atoms with Crippen molar-refractivity contribution in [2.75, 3.05) is 33.9 Å². The Morgan fingerprint density at radius 1 is 1.22 bits per heavy atom. The highest BCUT2D eigenvalue weighted by Gasteiger charge is 2.05. The summed E-state index contributed by atoms with van der Waals surface area (Å²) >= 11 is 0. The van der Waals surface area contributed by atoms with Crippen LogP contribution in [0.15, 0.2) is 24.3 Å². The summed E-state index contributed by atoms with van der Waals surface area (Å²) in [6.07, 6.45) is 0.900. The van der Waals surface area contributed by atoms with Gasteiger partial charge in [-0.15, -0.1) is 0 Å². The van der Waals surface area contributed by atoms with Gasteiger partial charge in [-0.1, -0.05) is 12.1 Å². The van der Waals surface area contributed by atoms with E-state index in [2.05, 4.69) is 10.6 Å². The maximum atomic E-state index is 11.5. The van der Waals surface area contributed by atoms with E-state index in [1.54, 1.807) is 19.2 Å². The molecule has 18 heavy (non-hydrogen) atoms. The highest BCUT2D eigenvalue weighted by molar-refractivity contribution is 5.77. The second kappa shape index (κ2) is 8.36. The lowest BCUT2D eigenvalue weighted by atomic mass is 10.3. The van der Waals surface area contributed by atoms with Crippen LogP contribution < -0.4 is 20.1 Å². The van der Waals surface area contributed by atoms with Crippen molar-refractivity contribution in [2.24, 2.45) is 0 Å². The van der Waals surface area contributed by atoms with Crippen LogP contribution in [0.5, 0.6) is 11.5 Å². The zero-order valence-electron chi connectivity index (χ0n) is 10.9. The third kappa shape index (κ3) is 5.05. The van der Waals surface area contributed by atoms with E-state index in [0.29, 0.717) is 18.0 Å². The number of hydrogen-bond acceptors (Lipinski definition) is 4. The molecule has 0 saturated carbocycles. The Kier molecular flexibility index (Phi) is 6.64. The van der Waals surface area contributed by atoms with Gasteiger partial charge >= 0.3 is 0 Å². The fourth-order valence-electron chi connectivity index (χ4n) is 1.43. The lowest BCUT2D eigenvalue weighted by Crippen LogP contribution is -2.31. The summed E-state index contributed by atoms with van der Waals surface area (Å²) in [7, 11) is 3.45. The molecular weight excluding hydrogens is 232 g/mol. The third-order valence-electron chi connectivity index (χ3n) is 2.35. The van der Waals surface area contributed by atoms with Crippen molar-refractivity contribution in [1.82, 2.24) is 10.6 Å². The predicted octanol–water partition coefficient (Wildman–Crippen LogP) is 0.800. The minimum Gasteiger partial charge on any atom is -0.493 e. The Bertz CT molecular complexity index is 369. The van der Waals surface area contributed by atoms with Gasteiger partial charge in [0.1, 0.15) is 0 Å². The van der Waals surface area contributed by atoms with Crippen LogP contribution in [0, 0.1) is 0 Å². The normalized spacial score (nSPS) is 9.89. The number of carbonyl (C=O) groups excluding carboxylic acids is 1. The minimum absolute atomic E-state index is 0.0000725. The lowest BCUT2D eigenvalue weighted by molar-refractivity contribution is -0.123. The molecule has 1 rings (SSSR count). The molecule has 0 spiro atoms. The molecule has 1 aromatic carbocycles. The molecule has 0 heterocycles. The largest absolute Gasteiger partial charge is 0.493 e. The number of carbonyl (C=O) groups is 1. The van der Waals surface area contributed by atoms with Crippen molar-refractivity contribution >= 4 is 5.91 Å². The predicted molar refractivity (Wildman–Crippen MR) is 70.0 cm³/mol. The topological polar surface area (TPSA) is 59.6 Å². The van der Waals surface area contributed by atoms with Gasteiger partial charge in [0.2, 0.25) is 0 Å². The van der Waals surface area contributed by atoms with Gasteiger partial charge in [-0.05, 0) is 32.1 Å². The van der Waals surface area contributed by atoms with E-state index < -0.39 is 0 Å². The highest BCUT2D eigenvalue weighted by Crippen LogP contribution is 2.25. The van der Waals surface area contributed by atoms with Gasteiger partial charge in [0.25, 0.3) is 5.91 Å². The number of para-hydroxylation sites is 2. The van der Waals surface area contributed by atoms with Crippen LogP contribution in [0.25, 0.3) is 0 Å². The molecule has 0 unspecified atom stereocenters. The van der Waals surface area contributed by atoms with E-state index in [0.717, 1.165) is 13.0 Å². The first-order chi connectivity index (χ1) is 8.77. The Balaban J connectivity index is 2.29. The maximum Gasteiger partial charge on any atom is 0.257 e. The summed E-state index contributed by atoms with van der Waals surface area (Å²) in [5.74, 6) is 1.07. The third-order valence-corrected chi connectivity index (χ3v) is 2.35. The fraction of sp³-hybridized carbons (Fsp3) is 0.462. The number of nitrogens with one attached hydrogen (secondary N) is 2. The summed E-state index contributed by atoms with van der Waals surface area (Å²) in [4.78, 5) is 11.5. The first-order valence-corrected chi connectivity index (χ1v) is 5.95. The molecule has 0 fully saturated rings. The van der Waals surface area contributed by atoms with Gasteiger partial charge in [0.15, 0.2) is 18.1 Å². The Morgan fingerprint density at radius 3 is 2.61 bits per heavy atom. The van der Waals surface area contributed by atoms with Gasteiger partial charge in [-0.25, -0.2) is 0 Å². The summed E-state index contributed by atoms with van der Waals surface area (Å²) in [5, 5.41) is 5.80. The van der Waals surface area contributed by atoms with E-state index >= 15 is 0 Å². The fourth-order valence-corrected chi connectivity index (χ4v) is 1.43. The zero-order valence-corrected chi connectivity index (χ0v) is 10.9. The lowest BCUT2D eigenvalue weighted by Gasteiger charge is -2.10. The van der Waals surface area contributed by atoms with Crippen LogP contribution in [-0.2, 0) is 4.79 Å².